The van der Waals surface area contributed by atoms with Gasteiger partial charge in [-0.1, -0.05) is 53.5 Å². The second kappa shape index (κ2) is 6.10. The van der Waals surface area contributed by atoms with Crippen molar-refractivity contribution in [3.05, 3.63) is 75.9 Å². The molecule has 1 N–H and O–H groups in total. The minimum atomic E-state index is -0.675. The van der Waals surface area contributed by atoms with E-state index in [2.05, 4.69) is 23.1 Å². The highest BCUT2D eigenvalue weighted by molar-refractivity contribution is 6.35. The maximum Gasteiger partial charge on any atom is 0.0983 e. The summed E-state index contributed by atoms with van der Waals surface area (Å²) < 4.78 is 0. The molecule has 21 heavy (non-hydrogen) atoms. The molecule has 1 heterocycles. The van der Waals surface area contributed by atoms with Gasteiger partial charge in [0.15, 0.2) is 0 Å². The Labute approximate surface area is 134 Å². The van der Waals surface area contributed by atoms with Crippen molar-refractivity contribution in [3.8, 4) is 0 Å². The van der Waals surface area contributed by atoms with Crippen LogP contribution >= 0.6 is 23.2 Å². The molecule has 0 aliphatic carbocycles. The average molecular weight is 320 g/mol. The number of halogens is 2. The molecule has 0 radical (unpaired) electrons. The van der Waals surface area contributed by atoms with E-state index in [-0.39, 0.29) is 0 Å². The molecule has 1 atom stereocenters. The van der Waals surface area contributed by atoms with E-state index in [0.29, 0.717) is 22.2 Å². The highest BCUT2D eigenvalue weighted by Gasteiger charge is 2.18. The van der Waals surface area contributed by atoms with Crippen LogP contribution in [0.1, 0.15) is 17.2 Å². The molecule has 0 saturated heterocycles. The first-order chi connectivity index (χ1) is 10.1. The number of rotatable bonds is 3. The Kier molecular flexibility index (Phi) is 4.20. The molecule has 0 unspecified atom stereocenters. The molecule has 0 aromatic heterocycles. The second-order valence-electron chi connectivity index (χ2n) is 5.05. The Morgan fingerprint density at radius 2 is 1.95 bits per heavy atom. The maximum atomic E-state index is 10.5. The summed E-state index contributed by atoms with van der Waals surface area (Å²) in [4.78, 5) is 2.05. The van der Waals surface area contributed by atoms with Crippen molar-refractivity contribution in [1.29, 1.82) is 0 Å². The number of para-hydroxylation sites is 1. The van der Waals surface area contributed by atoms with Gasteiger partial charge >= 0.3 is 0 Å². The van der Waals surface area contributed by atoms with Crippen LogP contribution in [0.5, 0.6) is 0 Å². The summed E-state index contributed by atoms with van der Waals surface area (Å²) in [6.45, 7) is 0.453. The van der Waals surface area contributed by atoms with E-state index in [4.69, 9.17) is 23.2 Å². The predicted molar refractivity (Wildman–Crippen MR) is 88.1 cm³/mol. The number of benzene rings is 2. The molecular weight excluding hydrogens is 305 g/mol. The van der Waals surface area contributed by atoms with E-state index in [1.807, 2.05) is 18.3 Å². The van der Waals surface area contributed by atoms with Crippen LogP contribution < -0.4 is 4.90 Å². The number of allylic oxidation sites excluding steroid dienone is 1. The predicted octanol–water partition coefficient (Wildman–Crippen LogP) is 4.60. The lowest BCUT2D eigenvalue weighted by molar-refractivity contribution is 0.186. The Bertz CT molecular complexity index is 684. The standard InChI is InChI=1S/C17H15Cl2NO/c18-13-7-8-14(15(19)10-13)17(21)11-20-9-3-5-12-4-1-2-6-16(12)20/h1-4,6-10,17,21H,5,11H2/t17-/m0/s1. The van der Waals surface area contributed by atoms with Crippen molar-refractivity contribution in [1.82, 2.24) is 0 Å². The van der Waals surface area contributed by atoms with E-state index in [1.54, 1.807) is 18.2 Å². The van der Waals surface area contributed by atoms with Crippen LogP contribution in [0.25, 0.3) is 0 Å². The lowest BCUT2D eigenvalue weighted by atomic mass is 10.0. The van der Waals surface area contributed by atoms with Crippen molar-refractivity contribution in [3.63, 3.8) is 0 Å². The van der Waals surface area contributed by atoms with Crippen LogP contribution in [0.4, 0.5) is 5.69 Å². The van der Waals surface area contributed by atoms with Gasteiger partial charge in [0.05, 0.1) is 12.6 Å². The number of aliphatic hydroxyl groups is 1. The van der Waals surface area contributed by atoms with Gasteiger partial charge in [-0.05, 0) is 30.2 Å². The zero-order valence-corrected chi connectivity index (χ0v) is 12.8. The highest BCUT2D eigenvalue weighted by atomic mass is 35.5. The number of anilines is 1. The Balaban J connectivity index is 1.83. The smallest absolute Gasteiger partial charge is 0.0983 e. The van der Waals surface area contributed by atoms with Crippen LogP contribution in [0.3, 0.4) is 0 Å². The highest BCUT2D eigenvalue weighted by Crippen LogP contribution is 2.30. The van der Waals surface area contributed by atoms with Crippen molar-refractivity contribution >= 4 is 28.9 Å². The van der Waals surface area contributed by atoms with Crippen molar-refractivity contribution < 1.29 is 5.11 Å². The van der Waals surface area contributed by atoms with E-state index in [1.165, 1.54) is 5.56 Å². The minimum absolute atomic E-state index is 0.453. The molecular formula is C17H15Cl2NO. The third kappa shape index (κ3) is 3.08. The minimum Gasteiger partial charge on any atom is -0.386 e. The van der Waals surface area contributed by atoms with Crippen LogP contribution in [0.15, 0.2) is 54.7 Å². The largest absolute Gasteiger partial charge is 0.386 e. The number of fused-ring (bicyclic) bond motifs is 1. The van der Waals surface area contributed by atoms with Gasteiger partial charge in [0.2, 0.25) is 0 Å². The lowest BCUT2D eigenvalue weighted by Gasteiger charge is -2.28. The van der Waals surface area contributed by atoms with Gasteiger partial charge in [0.1, 0.15) is 0 Å². The first-order valence-corrected chi connectivity index (χ1v) is 7.55. The zero-order valence-electron chi connectivity index (χ0n) is 11.3. The summed E-state index contributed by atoms with van der Waals surface area (Å²) in [6.07, 6.45) is 4.35. The molecule has 2 aromatic rings. The fraction of sp³-hybridized carbons (Fsp3) is 0.176. The first kappa shape index (κ1) is 14.5. The molecule has 1 aliphatic rings. The summed E-state index contributed by atoms with van der Waals surface area (Å²) >= 11 is 12.1. The molecule has 2 aromatic carbocycles. The molecule has 1 aliphatic heterocycles. The van der Waals surface area contributed by atoms with Crippen LogP contribution in [-0.4, -0.2) is 11.7 Å². The Morgan fingerprint density at radius 1 is 1.14 bits per heavy atom. The van der Waals surface area contributed by atoms with Gasteiger partial charge < -0.3 is 10.0 Å². The normalized spacial score (nSPS) is 14.9. The van der Waals surface area contributed by atoms with Crippen molar-refractivity contribution in [2.45, 2.75) is 12.5 Å². The van der Waals surface area contributed by atoms with Crippen molar-refractivity contribution in [2.24, 2.45) is 0 Å². The van der Waals surface area contributed by atoms with Gasteiger partial charge in [-0.15, -0.1) is 0 Å². The summed E-state index contributed by atoms with van der Waals surface area (Å²) in [7, 11) is 0. The van der Waals surface area contributed by atoms with E-state index >= 15 is 0 Å². The monoisotopic (exact) mass is 319 g/mol. The van der Waals surface area contributed by atoms with Crippen LogP contribution in [0, 0.1) is 0 Å². The number of hydrogen-bond acceptors (Lipinski definition) is 2. The van der Waals surface area contributed by atoms with Crippen LogP contribution in [-0.2, 0) is 6.42 Å². The topological polar surface area (TPSA) is 23.5 Å². The number of β-amino-alcohol motifs (C(OH)–C–C–N with tert-alkyl or cyclic N) is 1. The number of nitrogens with zero attached hydrogens (tertiary/aromatic N) is 1. The van der Waals surface area contributed by atoms with Crippen LogP contribution in [0.2, 0.25) is 10.0 Å². The molecule has 0 amide bonds. The summed E-state index contributed by atoms with van der Waals surface area (Å²) in [6, 6.07) is 13.4. The molecule has 0 spiro atoms. The summed E-state index contributed by atoms with van der Waals surface area (Å²) in [5, 5.41) is 11.5. The maximum absolute atomic E-state index is 10.5. The molecule has 2 nitrogen and oxygen atoms in total. The average Bonchev–Trinajstić information content (AvgIpc) is 2.47. The lowest BCUT2D eigenvalue weighted by Crippen LogP contribution is -2.26. The number of aliphatic hydroxyl groups excluding tert-OH is 1. The van der Waals surface area contributed by atoms with E-state index in [9.17, 15) is 5.11 Å². The quantitative estimate of drug-likeness (QED) is 0.893. The first-order valence-electron chi connectivity index (χ1n) is 6.79. The Hall–Kier alpha value is -1.48. The summed E-state index contributed by atoms with van der Waals surface area (Å²) in [5.41, 5.74) is 3.08. The van der Waals surface area contributed by atoms with Gasteiger partial charge in [-0.2, -0.15) is 0 Å². The summed E-state index contributed by atoms with van der Waals surface area (Å²) in [5.74, 6) is 0. The molecule has 4 heteroatoms. The molecule has 0 fully saturated rings. The molecule has 0 saturated carbocycles. The third-order valence-corrected chi connectivity index (χ3v) is 4.18. The van der Waals surface area contributed by atoms with Crippen molar-refractivity contribution in [2.75, 3.05) is 11.4 Å². The van der Waals surface area contributed by atoms with Gasteiger partial charge in [-0.25, -0.2) is 0 Å². The zero-order chi connectivity index (χ0) is 14.8. The third-order valence-electron chi connectivity index (χ3n) is 3.62. The molecule has 108 valence electrons. The fourth-order valence-electron chi connectivity index (χ4n) is 2.57. The molecule has 0 bridgehead atoms. The fourth-order valence-corrected chi connectivity index (χ4v) is 3.10. The second-order valence-corrected chi connectivity index (χ2v) is 5.90. The Morgan fingerprint density at radius 3 is 2.76 bits per heavy atom. The van der Waals surface area contributed by atoms with E-state index < -0.39 is 6.10 Å². The molecule has 3 rings (SSSR count). The van der Waals surface area contributed by atoms with Gasteiger partial charge in [-0.3, -0.25) is 0 Å². The van der Waals surface area contributed by atoms with Gasteiger partial charge in [0.25, 0.3) is 0 Å². The van der Waals surface area contributed by atoms with E-state index in [0.717, 1.165) is 12.1 Å². The number of hydrogen-bond donors (Lipinski definition) is 1. The van der Waals surface area contributed by atoms with Gasteiger partial charge in [0, 0.05) is 27.5 Å². The SMILES string of the molecule is O[C@@H](CN1C=CCc2ccccc21)c1ccc(Cl)cc1Cl.